The molecule has 2 nitrogen and oxygen atoms in total. The molecule has 1 aromatic carbocycles. The highest BCUT2D eigenvalue weighted by Crippen LogP contribution is 2.28. The van der Waals surface area contributed by atoms with Crippen LogP contribution in [-0.4, -0.2) is 9.78 Å². The van der Waals surface area contributed by atoms with E-state index in [0.717, 1.165) is 15.7 Å². The summed E-state index contributed by atoms with van der Waals surface area (Å²) in [6.45, 7) is 4.14. The highest BCUT2D eigenvalue weighted by Gasteiger charge is 2.07. The van der Waals surface area contributed by atoms with Crippen molar-refractivity contribution in [2.45, 2.75) is 13.8 Å². The lowest BCUT2D eigenvalue weighted by atomic mass is 10.1. The Hall–Kier alpha value is -1.09. The van der Waals surface area contributed by atoms with Gasteiger partial charge in [0.2, 0.25) is 0 Å². The van der Waals surface area contributed by atoms with Crippen LogP contribution in [0.2, 0.25) is 0 Å². The minimum Gasteiger partial charge on any atom is -0.272 e. The van der Waals surface area contributed by atoms with E-state index in [0.29, 0.717) is 0 Å². The molecule has 1 heterocycles. The summed E-state index contributed by atoms with van der Waals surface area (Å²) in [5.41, 5.74) is 4.58. The van der Waals surface area contributed by atoms with Gasteiger partial charge in [0.1, 0.15) is 0 Å². The lowest BCUT2D eigenvalue weighted by molar-refractivity contribution is 0.742. The van der Waals surface area contributed by atoms with Crippen LogP contribution in [0.4, 0.5) is 0 Å². The van der Waals surface area contributed by atoms with E-state index in [1.165, 1.54) is 11.3 Å². The zero-order valence-corrected chi connectivity index (χ0v) is 10.7. The van der Waals surface area contributed by atoms with Gasteiger partial charge >= 0.3 is 0 Å². The Morgan fingerprint density at radius 2 is 1.93 bits per heavy atom. The molecule has 0 saturated carbocycles. The van der Waals surface area contributed by atoms with E-state index >= 15 is 0 Å². The molecule has 0 aliphatic carbocycles. The first-order valence-electron chi connectivity index (χ1n) is 4.85. The predicted molar refractivity (Wildman–Crippen MR) is 65.8 cm³/mol. The van der Waals surface area contributed by atoms with Gasteiger partial charge in [-0.1, -0.05) is 27.6 Å². The molecule has 0 spiro atoms. The molecule has 0 amide bonds. The molecular formula is C12H13BrN2. The number of rotatable bonds is 1. The van der Waals surface area contributed by atoms with Crippen molar-refractivity contribution in [2.75, 3.05) is 0 Å². The van der Waals surface area contributed by atoms with Crippen molar-refractivity contribution in [2.24, 2.45) is 7.05 Å². The summed E-state index contributed by atoms with van der Waals surface area (Å²) in [6.07, 6.45) is 0. The molecule has 0 fully saturated rings. The molecule has 0 bridgehead atoms. The Labute approximate surface area is 98.1 Å². The van der Waals surface area contributed by atoms with Crippen molar-refractivity contribution in [3.63, 3.8) is 0 Å². The van der Waals surface area contributed by atoms with Gasteiger partial charge in [0.05, 0.1) is 5.69 Å². The van der Waals surface area contributed by atoms with Crippen LogP contribution < -0.4 is 0 Å². The fraction of sp³-hybridized carbons (Fsp3) is 0.250. The topological polar surface area (TPSA) is 17.8 Å². The Bertz CT molecular complexity index is 481. The Morgan fingerprint density at radius 3 is 2.53 bits per heavy atom. The van der Waals surface area contributed by atoms with E-state index in [1.807, 2.05) is 11.7 Å². The number of halogens is 1. The number of hydrogen-bond donors (Lipinski definition) is 0. The maximum absolute atomic E-state index is 4.47. The average molecular weight is 265 g/mol. The van der Waals surface area contributed by atoms with E-state index in [1.54, 1.807) is 0 Å². The van der Waals surface area contributed by atoms with Gasteiger partial charge in [0.25, 0.3) is 0 Å². The molecule has 0 atom stereocenters. The molecule has 0 radical (unpaired) electrons. The van der Waals surface area contributed by atoms with Gasteiger partial charge < -0.3 is 0 Å². The van der Waals surface area contributed by atoms with Gasteiger partial charge in [0.15, 0.2) is 0 Å². The monoisotopic (exact) mass is 264 g/mol. The standard InChI is InChI=1S/C12H13BrN2/c1-8-4-5-11(13)10(6-8)12-7-9(2)15(3)14-12/h4-7H,1-3H3. The van der Waals surface area contributed by atoms with Crippen LogP contribution >= 0.6 is 15.9 Å². The maximum Gasteiger partial charge on any atom is 0.0937 e. The molecule has 2 rings (SSSR count). The van der Waals surface area contributed by atoms with Crippen LogP contribution in [0.5, 0.6) is 0 Å². The second-order valence-electron chi connectivity index (χ2n) is 3.78. The predicted octanol–water partition coefficient (Wildman–Crippen LogP) is 3.47. The van der Waals surface area contributed by atoms with Gasteiger partial charge in [-0.05, 0) is 32.0 Å². The van der Waals surface area contributed by atoms with Crippen molar-refractivity contribution in [3.8, 4) is 11.3 Å². The molecule has 1 aromatic heterocycles. The number of aryl methyl sites for hydroxylation is 3. The van der Waals surface area contributed by atoms with Crippen LogP contribution in [0, 0.1) is 13.8 Å². The second kappa shape index (κ2) is 3.81. The van der Waals surface area contributed by atoms with Crippen LogP contribution in [0.25, 0.3) is 11.3 Å². The zero-order chi connectivity index (χ0) is 11.0. The fourth-order valence-electron chi connectivity index (χ4n) is 1.53. The highest BCUT2D eigenvalue weighted by molar-refractivity contribution is 9.10. The minimum atomic E-state index is 1.02. The highest BCUT2D eigenvalue weighted by atomic mass is 79.9. The summed E-state index contributed by atoms with van der Waals surface area (Å²) in [4.78, 5) is 0. The lowest BCUT2D eigenvalue weighted by Crippen LogP contribution is -1.92. The molecule has 78 valence electrons. The Kier molecular flexibility index (Phi) is 2.65. The normalized spacial score (nSPS) is 10.7. The van der Waals surface area contributed by atoms with Gasteiger partial charge in [0, 0.05) is 22.8 Å². The summed E-state index contributed by atoms with van der Waals surface area (Å²) in [5.74, 6) is 0. The summed E-state index contributed by atoms with van der Waals surface area (Å²) in [6, 6.07) is 8.39. The van der Waals surface area contributed by atoms with Crippen LogP contribution in [0.1, 0.15) is 11.3 Å². The number of benzene rings is 1. The first-order chi connectivity index (χ1) is 7.08. The first kappa shape index (κ1) is 10.4. The summed E-state index contributed by atoms with van der Waals surface area (Å²) in [7, 11) is 1.96. The number of nitrogens with zero attached hydrogens (tertiary/aromatic N) is 2. The number of aromatic nitrogens is 2. The Morgan fingerprint density at radius 1 is 1.20 bits per heavy atom. The van der Waals surface area contributed by atoms with Gasteiger partial charge in [-0.2, -0.15) is 5.10 Å². The fourth-order valence-corrected chi connectivity index (χ4v) is 1.98. The average Bonchev–Trinajstić information content (AvgIpc) is 2.51. The van der Waals surface area contributed by atoms with E-state index in [-0.39, 0.29) is 0 Å². The molecule has 3 heteroatoms. The molecule has 0 aliphatic heterocycles. The summed E-state index contributed by atoms with van der Waals surface area (Å²) in [5, 5.41) is 4.47. The van der Waals surface area contributed by atoms with E-state index in [9.17, 15) is 0 Å². The third-order valence-corrected chi connectivity index (χ3v) is 3.20. The van der Waals surface area contributed by atoms with Crippen LogP contribution in [-0.2, 0) is 7.05 Å². The van der Waals surface area contributed by atoms with Gasteiger partial charge in [-0.3, -0.25) is 4.68 Å². The molecule has 0 N–H and O–H groups in total. The third-order valence-electron chi connectivity index (χ3n) is 2.51. The van der Waals surface area contributed by atoms with E-state index in [4.69, 9.17) is 0 Å². The van der Waals surface area contributed by atoms with E-state index < -0.39 is 0 Å². The first-order valence-corrected chi connectivity index (χ1v) is 5.64. The van der Waals surface area contributed by atoms with Crippen molar-refractivity contribution in [1.29, 1.82) is 0 Å². The van der Waals surface area contributed by atoms with Crippen molar-refractivity contribution >= 4 is 15.9 Å². The maximum atomic E-state index is 4.47. The quantitative estimate of drug-likeness (QED) is 0.772. The van der Waals surface area contributed by atoms with Crippen molar-refractivity contribution in [3.05, 3.63) is 40.0 Å². The SMILES string of the molecule is Cc1ccc(Br)c(-c2cc(C)n(C)n2)c1. The van der Waals surface area contributed by atoms with Crippen LogP contribution in [0.15, 0.2) is 28.7 Å². The lowest BCUT2D eigenvalue weighted by Gasteiger charge is -2.01. The summed E-state index contributed by atoms with van der Waals surface area (Å²) < 4.78 is 2.98. The molecule has 15 heavy (non-hydrogen) atoms. The number of hydrogen-bond acceptors (Lipinski definition) is 1. The van der Waals surface area contributed by atoms with Crippen LogP contribution in [0.3, 0.4) is 0 Å². The molecule has 2 aromatic rings. The molecular weight excluding hydrogens is 252 g/mol. The molecule has 0 unspecified atom stereocenters. The van der Waals surface area contributed by atoms with Crippen molar-refractivity contribution < 1.29 is 0 Å². The van der Waals surface area contributed by atoms with Gasteiger partial charge in [-0.15, -0.1) is 0 Å². The van der Waals surface area contributed by atoms with Gasteiger partial charge in [-0.25, -0.2) is 0 Å². The zero-order valence-electron chi connectivity index (χ0n) is 9.08. The second-order valence-corrected chi connectivity index (χ2v) is 4.63. The van der Waals surface area contributed by atoms with E-state index in [2.05, 4.69) is 59.1 Å². The molecule has 0 aliphatic rings. The van der Waals surface area contributed by atoms with Crippen molar-refractivity contribution in [1.82, 2.24) is 9.78 Å². The third kappa shape index (κ3) is 1.97. The minimum absolute atomic E-state index is 1.02. The largest absolute Gasteiger partial charge is 0.272 e. The summed E-state index contributed by atoms with van der Waals surface area (Å²) >= 11 is 3.55. The Balaban J connectivity index is 2.58. The molecule has 0 saturated heterocycles. The smallest absolute Gasteiger partial charge is 0.0937 e.